The molecule has 0 saturated carbocycles. The minimum atomic E-state index is -0.328. The maximum atomic E-state index is 10.8. The van der Waals surface area contributed by atoms with Gasteiger partial charge in [0.25, 0.3) is 0 Å². The molecule has 2 aromatic carbocycles. The van der Waals surface area contributed by atoms with Crippen LogP contribution in [0.4, 0.5) is 0 Å². The Labute approximate surface area is 100 Å². The second kappa shape index (κ2) is 5.27. The van der Waals surface area contributed by atoms with Gasteiger partial charge in [-0.15, -0.1) is 0 Å². The smallest absolute Gasteiger partial charge is 0.203 e. The van der Waals surface area contributed by atoms with Crippen molar-refractivity contribution >= 4 is 17.1 Å². The molecule has 0 amide bonds. The van der Waals surface area contributed by atoms with Gasteiger partial charge in [-0.05, 0) is 22.8 Å². The van der Waals surface area contributed by atoms with Crippen molar-refractivity contribution in [1.82, 2.24) is 0 Å². The van der Waals surface area contributed by atoms with E-state index in [-0.39, 0.29) is 12.3 Å². The zero-order valence-electron chi connectivity index (χ0n) is 9.39. The maximum Gasteiger partial charge on any atom is 0.203 e. The van der Waals surface area contributed by atoms with Gasteiger partial charge in [-0.3, -0.25) is 4.79 Å². The molecule has 2 heteroatoms. The Morgan fingerprint density at radius 3 is 2.65 bits per heavy atom. The van der Waals surface area contributed by atoms with Crippen molar-refractivity contribution in [2.75, 3.05) is 0 Å². The molecule has 0 spiro atoms. The van der Waals surface area contributed by atoms with Gasteiger partial charge in [0.2, 0.25) is 6.29 Å². The lowest BCUT2D eigenvalue weighted by Gasteiger charge is -2.08. The molecule has 0 bridgehead atoms. The second-order valence-corrected chi connectivity index (χ2v) is 4.02. The molecule has 1 atom stereocenters. The van der Waals surface area contributed by atoms with Crippen LogP contribution in [0, 0.1) is 17.2 Å². The second-order valence-electron chi connectivity index (χ2n) is 4.02. The number of benzene rings is 2. The molecule has 17 heavy (non-hydrogen) atoms. The molecule has 83 valence electrons. The molecule has 0 aliphatic heterocycles. The topological polar surface area (TPSA) is 40.9 Å². The largest absolute Gasteiger partial charge is 0.291 e. The number of rotatable bonds is 4. The molecule has 0 aliphatic rings. The molecule has 0 aliphatic carbocycles. The van der Waals surface area contributed by atoms with Crippen LogP contribution in [0.15, 0.2) is 42.5 Å². The standard InChI is InChI=1S/C15H12NO/c16-9-8-12(11-17)10-14-6-3-5-13-4-1-2-7-15(13)14/h1-7,12H,8,10H2. The monoisotopic (exact) mass is 222 g/mol. The number of nitrogens with zero attached hydrogens (tertiary/aromatic N) is 1. The summed E-state index contributed by atoms with van der Waals surface area (Å²) in [5.41, 5.74) is 1.10. The molecule has 2 rings (SSSR count). The minimum Gasteiger partial charge on any atom is -0.291 e. The first kappa shape index (κ1) is 11.3. The van der Waals surface area contributed by atoms with Gasteiger partial charge in [0, 0.05) is 12.3 Å². The van der Waals surface area contributed by atoms with Crippen molar-refractivity contribution in [2.45, 2.75) is 12.8 Å². The highest BCUT2D eigenvalue weighted by Gasteiger charge is 2.10. The zero-order chi connectivity index (χ0) is 12.1. The lowest BCUT2D eigenvalue weighted by atomic mass is 9.94. The van der Waals surface area contributed by atoms with Gasteiger partial charge in [-0.1, -0.05) is 42.5 Å². The van der Waals surface area contributed by atoms with E-state index in [2.05, 4.69) is 0 Å². The zero-order valence-corrected chi connectivity index (χ0v) is 9.39. The van der Waals surface area contributed by atoms with Gasteiger partial charge in [0.15, 0.2) is 0 Å². The quantitative estimate of drug-likeness (QED) is 0.797. The molecule has 2 aromatic rings. The molecular formula is C15H12NO. The lowest BCUT2D eigenvalue weighted by molar-refractivity contribution is 0.520. The maximum absolute atomic E-state index is 10.8. The molecule has 0 heterocycles. The summed E-state index contributed by atoms with van der Waals surface area (Å²) >= 11 is 0. The van der Waals surface area contributed by atoms with Crippen LogP contribution in [0.3, 0.4) is 0 Å². The molecule has 1 radical (unpaired) electrons. The average Bonchev–Trinajstić information content (AvgIpc) is 2.38. The van der Waals surface area contributed by atoms with Crippen molar-refractivity contribution in [3.05, 3.63) is 48.0 Å². The van der Waals surface area contributed by atoms with Gasteiger partial charge in [0.1, 0.15) is 0 Å². The molecule has 2 nitrogen and oxygen atoms in total. The van der Waals surface area contributed by atoms with Gasteiger partial charge in [-0.2, -0.15) is 5.26 Å². The third kappa shape index (κ3) is 2.51. The van der Waals surface area contributed by atoms with Crippen molar-refractivity contribution in [3.63, 3.8) is 0 Å². The van der Waals surface area contributed by atoms with Crippen LogP contribution in [0.1, 0.15) is 12.0 Å². The van der Waals surface area contributed by atoms with E-state index in [9.17, 15) is 4.79 Å². The lowest BCUT2D eigenvalue weighted by Crippen LogP contribution is -2.05. The van der Waals surface area contributed by atoms with Gasteiger partial charge in [0.05, 0.1) is 6.07 Å². The van der Waals surface area contributed by atoms with Crippen LogP contribution in [0.2, 0.25) is 0 Å². The highest BCUT2D eigenvalue weighted by molar-refractivity contribution is 5.85. The number of nitriles is 1. The average molecular weight is 222 g/mol. The van der Waals surface area contributed by atoms with Crippen LogP contribution in [-0.2, 0) is 11.2 Å². The molecule has 0 fully saturated rings. The Bertz CT molecular complexity index is 563. The first-order chi connectivity index (χ1) is 8.35. The summed E-state index contributed by atoms with van der Waals surface area (Å²) in [5, 5.41) is 10.9. The van der Waals surface area contributed by atoms with E-state index in [0.717, 1.165) is 16.3 Å². The first-order valence-corrected chi connectivity index (χ1v) is 5.56. The number of fused-ring (bicyclic) bond motifs is 1. The Morgan fingerprint density at radius 1 is 1.12 bits per heavy atom. The molecule has 0 saturated heterocycles. The molecule has 0 aromatic heterocycles. The van der Waals surface area contributed by atoms with Gasteiger partial charge in [-0.25, -0.2) is 0 Å². The highest BCUT2D eigenvalue weighted by atomic mass is 16.1. The summed E-state index contributed by atoms with van der Waals surface area (Å²) < 4.78 is 0. The normalized spacial score (nSPS) is 11.9. The van der Waals surface area contributed by atoms with Gasteiger partial charge < -0.3 is 0 Å². The third-order valence-corrected chi connectivity index (χ3v) is 2.85. The van der Waals surface area contributed by atoms with E-state index in [1.54, 1.807) is 0 Å². The van der Waals surface area contributed by atoms with Crippen LogP contribution in [0.5, 0.6) is 0 Å². The summed E-state index contributed by atoms with van der Waals surface area (Å²) in [6.07, 6.45) is 2.75. The van der Waals surface area contributed by atoms with Crippen LogP contribution in [-0.4, -0.2) is 6.29 Å². The van der Waals surface area contributed by atoms with Crippen molar-refractivity contribution < 1.29 is 4.79 Å². The fourth-order valence-corrected chi connectivity index (χ4v) is 2.00. The van der Waals surface area contributed by atoms with E-state index in [4.69, 9.17) is 5.26 Å². The predicted octanol–water partition coefficient (Wildman–Crippen LogP) is 3.02. The summed E-state index contributed by atoms with van der Waals surface area (Å²) in [7, 11) is 0. The number of carbonyl (C=O) groups excluding carboxylic acids is 1. The van der Waals surface area contributed by atoms with Gasteiger partial charge >= 0.3 is 0 Å². The van der Waals surface area contributed by atoms with E-state index < -0.39 is 0 Å². The summed E-state index contributed by atoms with van der Waals surface area (Å²) in [4.78, 5) is 10.8. The molecular weight excluding hydrogens is 210 g/mol. The van der Waals surface area contributed by atoms with E-state index in [1.165, 1.54) is 0 Å². The Morgan fingerprint density at radius 2 is 1.88 bits per heavy atom. The summed E-state index contributed by atoms with van der Waals surface area (Å²) in [5.74, 6) is -0.328. The Kier molecular flexibility index (Phi) is 3.52. The SMILES string of the molecule is N#CCC([C]=O)Cc1cccc2ccccc12. The first-order valence-electron chi connectivity index (χ1n) is 5.56. The number of hydrogen-bond donors (Lipinski definition) is 0. The third-order valence-electron chi connectivity index (χ3n) is 2.85. The van der Waals surface area contributed by atoms with Crippen LogP contribution >= 0.6 is 0 Å². The number of hydrogen-bond acceptors (Lipinski definition) is 2. The van der Waals surface area contributed by atoms with Crippen LogP contribution < -0.4 is 0 Å². The van der Waals surface area contributed by atoms with Crippen molar-refractivity contribution in [2.24, 2.45) is 5.92 Å². The fraction of sp³-hybridized carbons (Fsp3) is 0.200. The predicted molar refractivity (Wildman–Crippen MR) is 67.1 cm³/mol. The summed E-state index contributed by atoms with van der Waals surface area (Å²) in [6, 6.07) is 16.1. The molecule has 1 unspecified atom stereocenters. The van der Waals surface area contributed by atoms with E-state index in [1.807, 2.05) is 54.8 Å². The van der Waals surface area contributed by atoms with Crippen LogP contribution in [0.25, 0.3) is 10.8 Å². The fourth-order valence-electron chi connectivity index (χ4n) is 2.00. The van der Waals surface area contributed by atoms with E-state index >= 15 is 0 Å². The van der Waals surface area contributed by atoms with E-state index in [0.29, 0.717) is 6.42 Å². The highest BCUT2D eigenvalue weighted by Crippen LogP contribution is 2.21. The molecule has 0 N–H and O–H groups in total. The van der Waals surface area contributed by atoms with Crippen molar-refractivity contribution in [1.29, 1.82) is 5.26 Å². The Balaban J connectivity index is 2.35. The van der Waals surface area contributed by atoms with Crippen molar-refractivity contribution in [3.8, 4) is 6.07 Å². The minimum absolute atomic E-state index is 0.229. The Hall–Kier alpha value is -2.14. The summed E-state index contributed by atoms with van der Waals surface area (Å²) in [6.45, 7) is 0.